The zero-order valence-electron chi connectivity index (χ0n) is 25.8. The lowest BCUT2D eigenvalue weighted by Crippen LogP contribution is -2.57. The maximum absolute atomic E-state index is 13.0. The number of rotatable bonds is 10. The smallest absolute Gasteiger partial charge is 0.253 e. The van der Waals surface area contributed by atoms with Crippen LogP contribution in [0.2, 0.25) is 18.1 Å². The Morgan fingerprint density at radius 2 is 1.69 bits per heavy atom. The molecule has 2 aromatic carbocycles. The second-order valence-electron chi connectivity index (χ2n) is 12.6. The van der Waals surface area contributed by atoms with E-state index in [1.165, 1.54) is 11.1 Å². The van der Waals surface area contributed by atoms with E-state index in [1.54, 1.807) is 0 Å². The van der Waals surface area contributed by atoms with Gasteiger partial charge in [0.05, 0.1) is 6.04 Å². The summed E-state index contributed by atoms with van der Waals surface area (Å²) >= 11 is 0. The molecule has 0 N–H and O–H groups in total. The number of carbonyl (C=O) groups is 1. The summed E-state index contributed by atoms with van der Waals surface area (Å²) in [7, 11) is -1.98. The van der Waals surface area contributed by atoms with Crippen LogP contribution in [0, 0.1) is 0 Å². The van der Waals surface area contributed by atoms with Gasteiger partial charge in [-0.05, 0) is 81.2 Å². The Morgan fingerprint density at radius 1 is 1.05 bits per heavy atom. The summed E-state index contributed by atoms with van der Waals surface area (Å²) in [5, 5.41) is 0.126. The van der Waals surface area contributed by atoms with Crippen LogP contribution in [0.5, 0.6) is 5.75 Å². The Morgan fingerprint density at radius 3 is 2.26 bits per heavy atom. The molecular formula is C33H51N3O2Si. The molecule has 0 bridgehead atoms. The van der Waals surface area contributed by atoms with Crippen LogP contribution < -0.4 is 4.43 Å². The molecule has 0 aliphatic carbocycles. The minimum atomic E-state index is -1.98. The van der Waals surface area contributed by atoms with Gasteiger partial charge < -0.3 is 9.33 Å². The number of hydrogen-bond acceptors (Lipinski definition) is 4. The van der Waals surface area contributed by atoms with Crippen molar-refractivity contribution in [3.63, 3.8) is 0 Å². The quantitative estimate of drug-likeness (QED) is 0.231. The molecule has 1 amide bonds. The molecule has 214 valence electrons. The first-order valence-corrected chi connectivity index (χ1v) is 17.5. The van der Waals surface area contributed by atoms with Crippen molar-refractivity contribution >= 4 is 14.2 Å². The van der Waals surface area contributed by atoms with Gasteiger partial charge in [-0.2, -0.15) is 0 Å². The van der Waals surface area contributed by atoms with Crippen molar-refractivity contribution in [2.24, 2.45) is 0 Å². The van der Waals surface area contributed by atoms with Gasteiger partial charge in [0.25, 0.3) is 5.91 Å². The van der Waals surface area contributed by atoms with E-state index in [0.717, 1.165) is 30.9 Å². The summed E-state index contributed by atoms with van der Waals surface area (Å²) < 4.78 is 6.73. The molecule has 1 heterocycles. The van der Waals surface area contributed by atoms with E-state index in [1.807, 2.05) is 37.0 Å². The summed E-state index contributed by atoms with van der Waals surface area (Å²) in [6.07, 6.45) is 2.00. The summed E-state index contributed by atoms with van der Waals surface area (Å²) in [6.45, 7) is 28.3. The Bertz CT molecular complexity index is 1100. The highest BCUT2D eigenvalue weighted by Crippen LogP contribution is 2.39. The number of carbonyl (C=O) groups excluding carboxylic acids is 1. The molecule has 1 unspecified atom stereocenters. The molecule has 5 nitrogen and oxygen atoms in total. The van der Waals surface area contributed by atoms with Crippen molar-refractivity contribution in [3.8, 4) is 5.75 Å². The van der Waals surface area contributed by atoms with E-state index in [0.29, 0.717) is 25.2 Å². The van der Waals surface area contributed by atoms with Crippen molar-refractivity contribution in [1.82, 2.24) is 14.7 Å². The summed E-state index contributed by atoms with van der Waals surface area (Å²) in [4.78, 5) is 20.0. The van der Waals surface area contributed by atoms with Gasteiger partial charge in [-0.25, -0.2) is 0 Å². The fourth-order valence-electron chi connectivity index (χ4n) is 5.28. The van der Waals surface area contributed by atoms with Gasteiger partial charge in [-0.3, -0.25) is 14.6 Å². The molecular weight excluding hydrogens is 498 g/mol. The second-order valence-corrected chi connectivity index (χ2v) is 17.3. The summed E-state index contributed by atoms with van der Waals surface area (Å²) in [6, 6.07) is 17.8. The molecule has 0 saturated carbocycles. The summed E-state index contributed by atoms with van der Waals surface area (Å²) in [5.41, 5.74) is 3.17. The Kier molecular flexibility index (Phi) is 10.2. The lowest BCUT2D eigenvalue weighted by molar-refractivity contribution is 0.0306. The topological polar surface area (TPSA) is 36.0 Å². The molecule has 0 spiro atoms. The fourth-order valence-corrected chi connectivity index (χ4v) is 6.30. The largest absolute Gasteiger partial charge is 0.543 e. The number of benzene rings is 2. The minimum Gasteiger partial charge on any atom is -0.543 e. The van der Waals surface area contributed by atoms with E-state index in [-0.39, 0.29) is 17.0 Å². The zero-order chi connectivity index (χ0) is 29.0. The Balaban J connectivity index is 2.03. The third-order valence-corrected chi connectivity index (χ3v) is 13.1. The van der Waals surface area contributed by atoms with Crippen LogP contribution in [0.15, 0.2) is 61.2 Å². The van der Waals surface area contributed by atoms with Crippen molar-refractivity contribution in [3.05, 3.63) is 77.9 Å². The van der Waals surface area contributed by atoms with Crippen LogP contribution in [-0.2, 0) is 0 Å². The van der Waals surface area contributed by atoms with Crippen LogP contribution in [0.1, 0.15) is 76.0 Å². The van der Waals surface area contributed by atoms with Gasteiger partial charge in [0, 0.05) is 50.4 Å². The van der Waals surface area contributed by atoms with Crippen molar-refractivity contribution in [2.75, 3.05) is 32.7 Å². The first-order valence-electron chi connectivity index (χ1n) is 14.6. The van der Waals surface area contributed by atoms with E-state index in [2.05, 4.69) is 100 Å². The maximum atomic E-state index is 13.0. The second kappa shape index (κ2) is 12.8. The summed E-state index contributed by atoms with van der Waals surface area (Å²) in [5.74, 6) is 1.04. The van der Waals surface area contributed by atoms with Gasteiger partial charge >= 0.3 is 0 Å². The van der Waals surface area contributed by atoms with Crippen molar-refractivity contribution in [1.29, 1.82) is 0 Å². The molecule has 2 aromatic rings. The van der Waals surface area contributed by atoms with Crippen LogP contribution in [0.3, 0.4) is 0 Å². The predicted molar refractivity (Wildman–Crippen MR) is 167 cm³/mol. The van der Waals surface area contributed by atoms with Crippen molar-refractivity contribution < 1.29 is 9.22 Å². The number of nitrogens with zero attached hydrogens (tertiary/aromatic N) is 3. The van der Waals surface area contributed by atoms with E-state index >= 15 is 0 Å². The van der Waals surface area contributed by atoms with Crippen LogP contribution in [0.25, 0.3) is 0 Å². The van der Waals surface area contributed by atoms with E-state index in [4.69, 9.17) is 4.43 Å². The first-order chi connectivity index (χ1) is 18.3. The standard InChI is InChI=1S/C33H51N3O2Si/c1-11-21-35-23-26(5)36(24-25(35)4)31(27-17-19-28(20-18-27)32(37)34(12-2)13-3)29-15-14-16-30(22-29)38-39(9,10)33(6,7)8/h11,14-20,22,25-26,31H,1,12-13,21,23-24H2,2-10H3/t25-,26-,31?/m0/s1. The molecule has 3 rings (SSSR count). The van der Waals surface area contributed by atoms with Gasteiger partial charge in [-0.15, -0.1) is 6.58 Å². The predicted octanol–water partition coefficient (Wildman–Crippen LogP) is 7.22. The Hall–Kier alpha value is -2.41. The van der Waals surface area contributed by atoms with Gasteiger partial charge in [0.2, 0.25) is 8.32 Å². The lowest BCUT2D eigenvalue weighted by Gasteiger charge is -2.47. The minimum absolute atomic E-state index is 0.0638. The average Bonchev–Trinajstić information content (AvgIpc) is 2.87. The molecule has 1 aliphatic rings. The molecule has 0 aromatic heterocycles. The first kappa shape index (κ1) is 31.1. The van der Waals surface area contributed by atoms with Crippen LogP contribution in [0.4, 0.5) is 0 Å². The van der Waals surface area contributed by atoms with Gasteiger partial charge in [0.1, 0.15) is 5.75 Å². The highest BCUT2D eigenvalue weighted by molar-refractivity contribution is 6.74. The lowest BCUT2D eigenvalue weighted by atomic mass is 9.92. The average molecular weight is 550 g/mol. The number of hydrogen-bond donors (Lipinski definition) is 0. The molecule has 6 heteroatoms. The van der Waals surface area contributed by atoms with Gasteiger partial charge in [-0.1, -0.05) is 51.1 Å². The number of piperazine rings is 1. The Labute approximate surface area is 239 Å². The highest BCUT2D eigenvalue weighted by atomic mass is 28.4. The highest BCUT2D eigenvalue weighted by Gasteiger charge is 2.39. The zero-order valence-corrected chi connectivity index (χ0v) is 26.8. The van der Waals surface area contributed by atoms with E-state index < -0.39 is 8.32 Å². The third kappa shape index (κ3) is 7.22. The van der Waals surface area contributed by atoms with Crippen LogP contribution in [-0.4, -0.2) is 73.7 Å². The van der Waals surface area contributed by atoms with Crippen molar-refractivity contribution in [2.45, 2.75) is 84.7 Å². The SMILES string of the molecule is C=CCN1C[C@H](C)N(C(c2ccc(C(=O)N(CC)CC)cc2)c2cccc(O[Si](C)(C)C(C)(C)C)c2)C[C@@H]1C. The molecule has 1 aliphatic heterocycles. The number of amides is 1. The molecule has 3 atom stereocenters. The molecule has 0 radical (unpaired) electrons. The normalized spacial score (nSPS) is 19.9. The monoisotopic (exact) mass is 549 g/mol. The molecule has 39 heavy (non-hydrogen) atoms. The van der Waals surface area contributed by atoms with E-state index in [9.17, 15) is 4.79 Å². The van der Waals surface area contributed by atoms with Crippen LogP contribution >= 0.6 is 0 Å². The molecule has 1 saturated heterocycles. The fraction of sp³-hybridized carbons (Fsp3) is 0.545. The third-order valence-electron chi connectivity index (χ3n) is 8.74. The molecule has 1 fully saturated rings. The maximum Gasteiger partial charge on any atom is 0.253 e. The van der Waals surface area contributed by atoms with Gasteiger partial charge in [0.15, 0.2) is 0 Å².